The maximum atomic E-state index is 3.69. The molecule has 0 aromatic heterocycles. The third-order valence-corrected chi connectivity index (χ3v) is 4.63. The van der Waals surface area contributed by atoms with Crippen LogP contribution in [0.1, 0.15) is 0 Å². The molecule has 4 aromatic carbocycles. The van der Waals surface area contributed by atoms with E-state index in [9.17, 15) is 0 Å². The molecular weight excluding hydrogens is 320 g/mol. The zero-order chi connectivity index (χ0) is 14.2. The van der Waals surface area contributed by atoms with E-state index in [0.717, 1.165) is 4.47 Å². The lowest BCUT2D eigenvalue weighted by atomic mass is 9.93. The predicted octanol–water partition coefficient (Wildman–Crippen LogP) is 6.42. The number of fused-ring (bicyclic) bond motifs is 3. The fourth-order valence-corrected chi connectivity index (χ4v) is 3.43. The van der Waals surface area contributed by atoms with Crippen LogP contribution in [0.5, 0.6) is 0 Å². The first-order valence-corrected chi connectivity index (χ1v) is 7.79. The largest absolute Gasteiger partial charge is 0.0622 e. The Kier molecular flexibility index (Phi) is 3.01. The van der Waals surface area contributed by atoms with Crippen molar-refractivity contribution >= 4 is 37.5 Å². The van der Waals surface area contributed by atoms with E-state index in [2.05, 4.69) is 94.8 Å². The Bertz CT molecular complexity index is 940. The van der Waals surface area contributed by atoms with Crippen molar-refractivity contribution in [3.8, 4) is 11.1 Å². The van der Waals surface area contributed by atoms with E-state index >= 15 is 0 Å². The molecule has 100 valence electrons. The molecule has 0 amide bonds. The van der Waals surface area contributed by atoms with Gasteiger partial charge in [-0.3, -0.25) is 0 Å². The molecule has 1 heteroatoms. The maximum Gasteiger partial charge on any atom is 0.0254 e. The number of rotatable bonds is 1. The lowest BCUT2D eigenvalue weighted by molar-refractivity contribution is 1.66. The topological polar surface area (TPSA) is 0 Å². The van der Waals surface area contributed by atoms with Gasteiger partial charge in [0.1, 0.15) is 0 Å². The molecule has 0 aliphatic carbocycles. The Balaban J connectivity index is 2.21. The SMILES string of the molecule is Brc1cccc2c1cc(-c1ccccc1)c1ccccc12. The quantitative estimate of drug-likeness (QED) is 0.352. The first kappa shape index (κ1) is 12.6. The van der Waals surface area contributed by atoms with Gasteiger partial charge < -0.3 is 0 Å². The number of hydrogen-bond acceptors (Lipinski definition) is 0. The molecule has 0 nitrogen and oxygen atoms in total. The van der Waals surface area contributed by atoms with E-state index < -0.39 is 0 Å². The summed E-state index contributed by atoms with van der Waals surface area (Å²) in [6.07, 6.45) is 0. The van der Waals surface area contributed by atoms with Crippen LogP contribution in [0.15, 0.2) is 83.3 Å². The van der Waals surface area contributed by atoms with Crippen LogP contribution in [0.2, 0.25) is 0 Å². The van der Waals surface area contributed by atoms with Crippen LogP contribution in [0.3, 0.4) is 0 Å². The Morgan fingerprint density at radius 3 is 1.95 bits per heavy atom. The fraction of sp³-hybridized carbons (Fsp3) is 0. The van der Waals surface area contributed by atoms with Gasteiger partial charge in [-0.25, -0.2) is 0 Å². The second kappa shape index (κ2) is 5.01. The summed E-state index contributed by atoms with van der Waals surface area (Å²) < 4.78 is 1.14. The van der Waals surface area contributed by atoms with Crippen LogP contribution in [0, 0.1) is 0 Å². The Labute approximate surface area is 132 Å². The molecule has 0 unspecified atom stereocenters. The Hall–Kier alpha value is -2.12. The Morgan fingerprint density at radius 2 is 1.14 bits per heavy atom. The minimum Gasteiger partial charge on any atom is -0.0622 e. The molecule has 0 fully saturated rings. The van der Waals surface area contributed by atoms with Crippen molar-refractivity contribution in [2.45, 2.75) is 0 Å². The third-order valence-electron chi connectivity index (χ3n) is 3.93. The second-order valence-corrected chi connectivity index (χ2v) is 6.03. The summed E-state index contributed by atoms with van der Waals surface area (Å²) in [7, 11) is 0. The van der Waals surface area contributed by atoms with Crippen LogP contribution >= 0.6 is 15.9 Å². The molecule has 0 saturated carbocycles. The van der Waals surface area contributed by atoms with Crippen molar-refractivity contribution in [3.05, 3.63) is 83.3 Å². The van der Waals surface area contributed by atoms with Crippen molar-refractivity contribution in [2.24, 2.45) is 0 Å². The number of halogens is 1. The highest BCUT2D eigenvalue weighted by Crippen LogP contribution is 2.37. The minimum absolute atomic E-state index is 1.14. The molecule has 0 bridgehead atoms. The fourth-order valence-electron chi connectivity index (χ4n) is 2.95. The highest BCUT2D eigenvalue weighted by molar-refractivity contribution is 9.10. The van der Waals surface area contributed by atoms with Gasteiger partial charge in [0.15, 0.2) is 0 Å². The van der Waals surface area contributed by atoms with Gasteiger partial charge in [0, 0.05) is 4.47 Å². The van der Waals surface area contributed by atoms with E-state index in [0.29, 0.717) is 0 Å². The standard InChI is InChI=1S/C20H13Br/c21-20-12-6-11-17-15-9-4-5-10-16(15)18(13-19(17)20)14-7-2-1-3-8-14/h1-13H. The summed E-state index contributed by atoms with van der Waals surface area (Å²) in [5.74, 6) is 0. The van der Waals surface area contributed by atoms with Crippen molar-refractivity contribution in [1.29, 1.82) is 0 Å². The summed E-state index contributed by atoms with van der Waals surface area (Å²) >= 11 is 3.69. The molecule has 4 rings (SSSR count). The van der Waals surface area contributed by atoms with Gasteiger partial charge in [0.05, 0.1) is 0 Å². The monoisotopic (exact) mass is 332 g/mol. The van der Waals surface area contributed by atoms with Crippen molar-refractivity contribution in [3.63, 3.8) is 0 Å². The van der Waals surface area contributed by atoms with Gasteiger partial charge >= 0.3 is 0 Å². The van der Waals surface area contributed by atoms with Gasteiger partial charge in [-0.05, 0) is 44.8 Å². The van der Waals surface area contributed by atoms with Gasteiger partial charge in [-0.2, -0.15) is 0 Å². The molecule has 4 aromatic rings. The zero-order valence-corrected chi connectivity index (χ0v) is 13.0. The molecule has 0 aliphatic heterocycles. The van der Waals surface area contributed by atoms with Crippen molar-refractivity contribution in [1.82, 2.24) is 0 Å². The number of hydrogen-bond donors (Lipinski definition) is 0. The second-order valence-electron chi connectivity index (χ2n) is 5.17. The minimum atomic E-state index is 1.14. The van der Waals surface area contributed by atoms with E-state index in [1.54, 1.807) is 0 Å². The molecular formula is C20H13Br. The van der Waals surface area contributed by atoms with Gasteiger partial charge in [-0.15, -0.1) is 0 Å². The molecule has 0 spiro atoms. The summed E-state index contributed by atoms with van der Waals surface area (Å²) in [5, 5.41) is 5.15. The normalized spacial score (nSPS) is 11.1. The first-order chi connectivity index (χ1) is 10.3. The van der Waals surface area contributed by atoms with Crippen molar-refractivity contribution in [2.75, 3.05) is 0 Å². The van der Waals surface area contributed by atoms with E-state index in [-0.39, 0.29) is 0 Å². The molecule has 0 N–H and O–H groups in total. The van der Waals surface area contributed by atoms with E-state index in [4.69, 9.17) is 0 Å². The highest BCUT2D eigenvalue weighted by atomic mass is 79.9. The molecule has 0 radical (unpaired) electrons. The van der Waals surface area contributed by atoms with E-state index in [1.807, 2.05) is 0 Å². The highest BCUT2D eigenvalue weighted by Gasteiger charge is 2.09. The molecule has 0 aliphatic rings. The van der Waals surface area contributed by atoms with Crippen LogP contribution in [-0.2, 0) is 0 Å². The van der Waals surface area contributed by atoms with Crippen LogP contribution in [0.25, 0.3) is 32.7 Å². The van der Waals surface area contributed by atoms with E-state index in [1.165, 1.54) is 32.7 Å². The molecule has 0 saturated heterocycles. The number of benzene rings is 4. The molecule has 0 heterocycles. The van der Waals surface area contributed by atoms with Gasteiger partial charge in [-0.1, -0.05) is 82.7 Å². The van der Waals surface area contributed by atoms with Gasteiger partial charge in [0.2, 0.25) is 0 Å². The zero-order valence-electron chi connectivity index (χ0n) is 11.4. The lowest BCUT2D eigenvalue weighted by Crippen LogP contribution is -1.85. The average Bonchev–Trinajstić information content (AvgIpc) is 2.55. The summed E-state index contributed by atoms with van der Waals surface area (Å²) in [4.78, 5) is 0. The van der Waals surface area contributed by atoms with Crippen LogP contribution < -0.4 is 0 Å². The van der Waals surface area contributed by atoms with Crippen LogP contribution in [0.4, 0.5) is 0 Å². The lowest BCUT2D eigenvalue weighted by Gasteiger charge is -2.12. The maximum absolute atomic E-state index is 3.69. The third kappa shape index (κ3) is 2.05. The van der Waals surface area contributed by atoms with Crippen molar-refractivity contribution < 1.29 is 0 Å². The summed E-state index contributed by atoms with van der Waals surface area (Å²) in [5.41, 5.74) is 2.54. The smallest absolute Gasteiger partial charge is 0.0254 e. The predicted molar refractivity (Wildman–Crippen MR) is 94.6 cm³/mol. The summed E-state index contributed by atoms with van der Waals surface area (Å²) in [6, 6.07) is 27.9. The van der Waals surface area contributed by atoms with Gasteiger partial charge in [0.25, 0.3) is 0 Å². The first-order valence-electron chi connectivity index (χ1n) is 7.00. The average molecular weight is 333 g/mol. The summed E-state index contributed by atoms with van der Waals surface area (Å²) in [6.45, 7) is 0. The Morgan fingerprint density at radius 1 is 0.524 bits per heavy atom. The van der Waals surface area contributed by atoms with Crippen LogP contribution in [-0.4, -0.2) is 0 Å². The molecule has 21 heavy (non-hydrogen) atoms. The molecule has 0 atom stereocenters.